The van der Waals surface area contributed by atoms with Gasteiger partial charge in [-0.15, -0.1) is 0 Å². The van der Waals surface area contributed by atoms with Crippen LogP contribution in [0.3, 0.4) is 0 Å². The summed E-state index contributed by atoms with van der Waals surface area (Å²) < 4.78 is 0. The number of nitrogens with zero attached hydrogens (tertiary/aromatic N) is 1. The van der Waals surface area contributed by atoms with Gasteiger partial charge in [0.1, 0.15) is 0 Å². The smallest absolute Gasteiger partial charge is 0.226 e. The number of carbonyl (C=O) groups excluding carboxylic acids is 2. The summed E-state index contributed by atoms with van der Waals surface area (Å²) in [4.78, 5) is 24.8. The van der Waals surface area contributed by atoms with Crippen LogP contribution in [0, 0.1) is 0 Å². The van der Waals surface area contributed by atoms with Gasteiger partial charge in [-0.1, -0.05) is 0 Å². The number of nitrogens with one attached hydrogen (secondary N) is 2. The molecule has 1 aliphatic rings. The fourth-order valence-electron chi connectivity index (χ4n) is 2.48. The van der Waals surface area contributed by atoms with Crippen LogP contribution in [-0.4, -0.2) is 31.4 Å². The third-order valence-corrected chi connectivity index (χ3v) is 3.60. The monoisotopic (exact) mass is 289 g/mol. The summed E-state index contributed by atoms with van der Waals surface area (Å²) in [5.41, 5.74) is 2.01. The van der Waals surface area contributed by atoms with Gasteiger partial charge in [-0.05, 0) is 43.5 Å². The van der Waals surface area contributed by atoms with E-state index in [4.69, 9.17) is 0 Å². The van der Waals surface area contributed by atoms with Crippen molar-refractivity contribution < 1.29 is 9.59 Å². The predicted octanol–water partition coefficient (Wildman–Crippen LogP) is 2.14. The molecule has 5 nitrogen and oxygen atoms in total. The van der Waals surface area contributed by atoms with E-state index in [2.05, 4.69) is 27.7 Å². The van der Waals surface area contributed by atoms with Crippen molar-refractivity contribution in [1.29, 1.82) is 0 Å². The van der Waals surface area contributed by atoms with Crippen molar-refractivity contribution in [1.82, 2.24) is 5.32 Å². The minimum atomic E-state index is -0.117. The number of benzene rings is 1. The number of piperidine rings is 1. The number of anilines is 2. The molecule has 5 heteroatoms. The summed E-state index contributed by atoms with van der Waals surface area (Å²) in [7, 11) is 0. The quantitative estimate of drug-likeness (QED) is 0.873. The standard InChI is InChI=1S/C16H23N3O2/c1-13(20)17-10-9-16(21)18-14-5-7-15(8-6-14)19-11-3-2-4-12-19/h5-8H,2-4,9-12H2,1H3,(H,17,20)(H,18,21). The zero-order chi connectivity index (χ0) is 15.1. The van der Waals surface area contributed by atoms with E-state index in [-0.39, 0.29) is 18.2 Å². The minimum absolute atomic E-state index is 0.0885. The molecular weight excluding hydrogens is 266 g/mol. The summed E-state index contributed by atoms with van der Waals surface area (Å²) in [5.74, 6) is -0.205. The molecule has 0 atom stereocenters. The van der Waals surface area contributed by atoms with Gasteiger partial charge < -0.3 is 15.5 Å². The molecule has 2 rings (SSSR count). The molecule has 2 N–H and O–H groups in total. The first-order chi connectivity index (χ1) is 10.1. The molecule has 0 bridgehead atoms. The Morgan fingerprint density at radius 3 is 2.38 bits per heavy atom. The van der Waals surface area contributed by atoms with Crippen LogP contribution in [-0.2, 0) is 9.59 Å². The zero-order valence-corrected chi connectivity index (χ0v) is 12.5. The van der Waals surface area contributed by atoms with Crippen LogP contribution >= 0.6 is 0 Å². The molecule has 0 aliphatic carbocycles. The van der Waals surface area contributed by atoms with Gasteiger partial charge in [-0.25, -0.2) is 0 Å². The second-order valence-corrected chi connectivity index (χ2v) is 5.38. The van der Waals surface area contributed by atoms with E-state index in [9.17, 15) is 9.59 Å². The molecule has 1 aromatic carbocycles. The molecule has 1 aromatic rings. The first kappa shape index (κ1) is 15.4. The molecule has 0 radical (unpaired) electrons. The normalized spacial score (nSPS) is 14.6. The summed E-state index contributed by atoms with van der Waals surface area (Å²) in [5, 5.41) is 5.44. The third kappa shape index (κ3) is 5.10. The topological polar surface area (TPSA) is 61.4 Å². The third-order valence-electron chi connectivity index (χ3n) is 3.60. The van der Waals surface area contributed by atoms with Gasteiger partial charge in [-0.3, -0.25) is 9.59 Å². The summed E-state index contributed by atoms with van der Waals surface area (Å²) in [6.07, 6.45) is 4.11. The molecule has 1 saturated heterocycles. The van der Waals surface area contributed by atoms with Crippen molar-refractivity contribution >= 4 is 23.2 Å². The van der Waals surface area contributed by atoms with Crippen LogP contribution in [0.25, 0.3) is 0 Å². The summed E-state index contributed by atoms with van der Waals surface area (Å²) >= 11 is 0. The highest BCUT2D eigenvalue weighted by Crippen LogP contribution is 2.21. The molecule has 1 fully saturated rings. The Morgan fingerprint density at radius 1 is 1.10 bits per heavy atom. The lowest BCUT2D eigenvalue weighted by atomic mass is 10.1. The molecule has 1 aliphatic heterocycles. The number of hydrogen-bond donors (Lipinski definition) is 2. The van der Waals surface area contributed by atoms with Crippen LogP contribution < -0.4 is 15.5 Å². The SMILES string of the molecule is CC(=O)NCCC(=O)Nc1ccc(N2CCCCC2)cc1. The molecule has 0 unspecified atom stereocenters. The Balaban J connectivity index is 1.81. The molecule has 2 amide bonds. The Morgan fingerprint density at radius 2 is 1.76 bits per heavy atom. The fraction of sp³-hybridized carbons (Fsp3) is 0.500. The highest BCUT2D eigenvalue weighted by Gasteiger charge is 2.10. The molecule has 21 heavy (non-hydrogen) atoms. The molecule has 114 valence electrons. The van der Waals surface area contributed by atoms with Gasteiger partial charge in [0.05, 0.1) is 0 Å². The van der Waals surface area contributed by atoms with E-state index in [0.29, 0.717) is 6.54 Å². The second-order valence-electron chi connectivity index (χ2n) is 5.38. The number of rotatable bonds is 5. The lowest BCUT2D eigenvalue weighted by Crippen LogP contribution is -2.29. The highest BCUT2D eigenvalue weighted by atomic mass is 16.2. The Labute approximate surface area is 125 Å². The van der Waals surface area contributed by atoms with Crippen molar-refractivity contribution in [2.75, 3.05) is 29.9 Å². The van der Waals surface area contributed by atoms with Crippen LogP contribution in [0.2, 0.25) is 0 Å². The van der Waals surface area contributed by atoms with Crippen LogP contribution in [0.4, 0.5) is 11.4 Å². The largest absolute Gasteiger partial charge is 0.372 e. The second kappa shape index (κ2) is 7.67. The van der Waals surface area contributed by atoms with Crippen molar-refractivity contribution in [2.45, 2.75) is 32.6 Å². The Hall–Kier alpha value is -2.04. The van der Waals surface area contributed by atoms with Gasteiger partial charge >= 0.3 is 0 Å². The van der Waals surface area contributed by atoms with Gasteiger partial charge in [0.15, 0.2) is 0 Å². The van der Waals surface area contributed by atoms with Gasteiger partial charge in [0, 0.05) is 44.4 Å². The van der Waals surface area contributed by atoms with Crippen molar-refractivity contribution in [3.63, 3.8) is 0 Å². The Bertz CT molecular complexity index is 479. The van der Waals surface area contributed by atoms with E-state index < -0.39 is 0 Å². The van der Waals surface area contributed by atoms with E-state index in [0.717, 1.165) is 18.8 Å². The molecule has 0 spiro atoms. The maximum absolute atomic E-state index is 11.7. The van der Waals surface area contributed by atoms with Crippen molar-refractivity contribution in [3.8, 4) is 0 Å². The van der Waals surface area contributed by atoms with Crippen LogP contribution in [0.1, 0.15) is 32.6 Å². The van der Waals surface area contributed by atoms with Gasteiger partial charge in [0.2, 0.25) is 11.8 Å². The maximum Gasteiger partial charge on any atom is 0.226 e. The van der Waals surface area contributed by atoms with Gasteiger partial charge in [0.25, 0.3) is 0 Å². The van der Waals surface area contributed by atoms with Crippen molar-refractivity contribution in [3.05, 3.63) is 24.3 Å². The summed E-state index contributed by atoms with van der Waals surface area (Å²) in [6.45, 7) is 4.04. The van der Waals surface area contributed by atoms with E-state index in [1.54, 1.807) is 0 Å². The van der Waals surface area contributed by atoms with E-state index in [1.165, 1.54) is 31.9 Å². The summed E-state index contributed by atoms with van der Waals surface area (Å²) in [6, 6.07) is 7.96. The lowest BCUT2D eigenvalue weighted by molar-refractivity contribution is -0.119. The Kier molecular flexibility index (Phi) is 5.60. The van der Waals surface area contributed by atoms with Crippen molar-refractivity contribution in [2.24, 2.45) is 0 Å². The van der Waals surface area contributed by atoms with Crippen LogP contribution in [0.15, 0.2) is 24.3 Å². The highest BCUT2D eigenvalue weighted by molar-refractivity contribution is 5.91. The first-order valence-electron chi connectivity index (χ1n) is 7.54. The average molecular weight is 289 g/mol. The molecule has 1 heterocycles. The number of amides is 2. The lowest BCUT2D eigenvalue weighted by Gasteiger charge is -2.28. The number of carbonyl (C=O) groups is 2. The number of hydrogen-bond acceptors (Lipinski definition) is 3. The predicted molar refractivity (Wildman–Crippen MR) is 84.4 cm³/mol. The minimum Gasteiger partial charge on any atom is -0.372 e. The fourth-order valence-corrected chi connectivity index (χ4v) is 2.48. The molecular formula is C16H23N3O2. The van der Waals surface area contributed by atoms with Gasteiger partial charge in [-0.2, -0.15) is 0 Å². The van der Waals surface area contributed by atoms with E-state index >= 15 is 0 Å². The molecule has 0 saturated carbocycles. The first-order valence-corrected chi connectivity index (χ1v) is 7.54. The zero-order valence-electron chi connectivity index (χ0n) is 12.5. The average Bonchev–Trinajstić information content (AvgIpc) is 2.48. The molecule has 0 aromatic heterocycles. The van der Waals surface area contributed by atoms with E-state index in [1.807, 2.05) is 12.1 Å². The maximum atomic E-state index is 11.7. The van der Waals surface area contributed by atoms with Crippen LogP contribution in [0.5, 0.6) is 0 Å².